The van der Waals surface area contributed by atoms with Crippen molar-refractivity contribution in [2.45, 2.75) is 26.3 Å². The molecule has 23 heavy (non-hydrogen) atoms. The van der Waals surface area contributed by atoms with Crippen LogP contribution in [0.5, 0.6) is 0 Å². The molecule has 0 saturated carbocycles. The number of anilines is 1. The Morgan fingerprint density at radius 1 is 1.26 bits per heavy atom. The highest BCUT2D eigenvalue weighted by Gasteiger charge is 2.35. The van der Waals surface area contributed by atoms with E-state index in [0.29, 0.717) is 30.9 Å². The van der Waals surface area contributed by atoms with E-state index in [2.05, 4.69) is 10.6 Å². The minimum atomic E-state index is -0.528. The zero-order valence-electron chi connectivity index (χ0n) is 13.5. The normalized spacial score (nSPS) is 14.4. The van der Waals surface area contributed by atoms with Crippen LogP contribution < -0.4 is 10.6 Å². The molecule has 0 unspecified atom stereocenters. The van der Waals surface area contributed by atoms with Gasteiger partial charge in [0.2, 0.25) is 5.91 Å². The average molecular weight is 319 g/mol. The van der Waals surface area contributed by atoms with Crippen LogP contribution in [0, 0.1) is 0 Å². The molecular formula is C16H21N3O4. The molecule has 2 rings (SSSR count). The molecule has 1 aromatic carbocycles. The van der Waals surface area contributed by atoms with Gasteiger partial charge >= 0.3 is 6.09 Å². The summed E-state index contributed by atoms with van der Waals surface area (Å²) in [7, 11) is 0. The van der Waals surface area contributed by atoms with Gasteiger partial charge in [-0.15, -0.1) is 0 Å². The quantitative estimate of drug-likeness (QED) is 0.863. The van der Waals surface area contributed by atoms with Gasteiger partial charge in [-0.05, 0) is 38.1 Å². The van der Waals surface area contributed by atoms with E-state index in [4.69, 9.17) is 4.74 Å². The number of benzene rings is 1. The number of cyclic esters (lactones) is 1. The van der Waals surface area contributed by atoms with Crippen molar-refractivity contribution in [1.29, 1.82) is 0 Å². The van der Waals surface area contributed by atoms with Gasteiger partial charge < -0.3 is 15.4 Å². The molecule has 7 heteroatoms. The SMILES string of the molecule is CC(=O)Nc1ccc(C(=O)NCC(C)(C)N2CCOC2=O)cc1. The summed E-state index contributed by atoms with van der Waals surface area (Å²) >= 11 is 0. The van der Waals surface area contributed by atoms with Crippen molar-refractivity contribution in [1.82, 2.24) is 10.2 Å². The van der Waals surface area contributed by atoms with Crippen molar-refractivity contribution in [2.24, 2.45) is 0 Å². The van der Waals surface area contributed by atoms with Crippen LogP contribution in [0.15, 0.2) is 24.3 Å². The van der Waals surface area contributed by atoms with Gasteiger partial charge in [-0.3, -0.25) is 14.5 Å². The lowest BCUT2D eigenvalue weighted by Gasteiger charge is -2.33. The van der Waals surface area contributed by atoms with Crippen LogP contribution in [0.4, 0.5) is 10.5 Å². The van der Waals surface area contributed by atoms with Gasteiger partial charge in [-0.2, -0.15) is 0 Å². The van der Waals surface area contributed by atoms with E-state index in [0.717, 1.165) is 0 Å². The zero-order chi connectivity index (χ0) is 17.0. The second kappa shape index (κ2) is 6.68. The van der Waals surface area contributed by atoms with Crippen LogP contribution >= 0.6 is 0 Å². The summed E-state index contributed by atoms with van der Waals surface area (Å²) in [6.45, 7) is 6.38. The Labute approximate surface area is 135 Å². The fourth-order valence-corrected chi connectivity index (χ4v) is 2.35. The van der Waals surface area contributed by atoms with Crippen molar-refractivity contribution in [3.05, 3.63) is 29.8 Å². The standard InChI is InChI=1S/C16H21N3O4/c1-11(20)18-13-6-4-12(5-7-13)14(21)17-10-16(2,3)19-8-9-23-15(19)22/h4-7H,8-10H2,1-3H3,(H,17,21)(H,18,20). The van der Waals surface area contributed by atoms with E-state index in [-0.39, 0.29) is 17.9 Å². The van der Waals surface area contributed by atoms with Gasteiger partial charge in [0.05, 0.1) is 12.1 Å². The lowest BCUT2D eigenvalue weighted by atomic mass is 10.0. The summed E-state index contributed by atoms with van der Waals surface area (Å²) in [5, 5.41) is 5.46. The van der Waals surface area contributed by atoms with E-state index in [1.807, 2.05) is 13.8 Å². The number of ether oxygens (including phenoxy) is 1. The van der Waals surface area contributed by atoms with Crippen LogP contribution in [0.3, 0.4) is 0 Å². The Morgan fingerprint density at radius 2 is 1.91 bits per heavy atom. The van der Waals surface area contributed by atoms with E-state index in [1.54, 1.807) is 29.2 Å². The van der Waals surface area contributed by atoms with Crippen molar-refractivity contribution in [2.75, 3.05) is 25.0 Å². The van der Waals surface area contributed by atoms with Crippen molar-refractivity contribution in [3.8, 4) is 0 Å². The zero-order valence-corrected chi connectivity index (χ0v) is 13.5. The van der Waals surface area contributed by atoms with Gasteiger partial charge in [-0.25, -0.2) is 4.79 Å². The van der Waals surface area contributed by atoms with Gasteiger partial charge in [-0.1, -0.05) is 0 Å². The van der Waals surface area contributed by atoms with E-state index in [9.17, 15) is 14.4 Å². The largest absolute Gasteiger partial charge is 0.448 e. The number of nitrogens with one attached hydrogen (secondary N) is 2. The first-order chi connectivity index (χ1) is 10.8. The average Bonchev–Trinajstić information content (AvgIpc) is 2.92. The Balaban J connectivity index is 1.93. The molecule has 2 N–H and O–H groups in total. The number of hydrogen-bond donors (Lipinski definition) is 2. The van der Waals surface area contributed by atoms with Crippen LogP contribution in [0.2, 0.25) is 0 Å². The molecule has 0 aromatic heterocycles. The topological polar surface area (TPSA) is 87.7 Å². The Morgan fingerprint density at radius 3 is 2.43 bits per heavy atom. The first-order valence-corrected chi connectivity index (χ1v) is 7.40. The highest BCUT2D eigenvalue weighted by atomic mass is 16.6. The van der Waals surface area contributed by atoms with Crippen LogP contribution in [-0.2, 0) is 9.53 Å². The number of rotatable bonds is 5. The Kier molecular flexibility index (Phi) is 4.88. The van der Waals surface area contributed by atoms with Crippen molar-refractivity contribution >= 4 is 23.6 Å². The van der Waals surface area contributed by atoms with Crippen LogP contribution in [-0.4, -0.2) is 48.0 Å². The molecule has 7 nitrogen and oxygen atoms in total. The smallest absolute Gasteiger partial charge is 0.410 e. The Hall–Kier alpha value is -2.57. The Bertz CT molecular complexity index is 610. The molecule has 1 aliphatic heterocycles. The van der Waals surface area contributed by atoms with E-state index < -0.39 is 5.54 Å². The number of nitrogens with zero attached hydrogens (tertiary/aromatic N) is 1. The highest BCUT2D eigenvalue weighted by molar-refractivity contribution is 5.95. The van der Waals surface area contributed by atoms with Gasteiger partial charge in [0.1, 0.15) is 6.61 Å². The molecule has 1 aromatic rings. The minimum Gasteiger partial charge on any atom is -0.448 e. The maximum Gasteiger partial charge on any atom is 0.410 e. The van der Waals surface area contributed by atoms with Crippen LogP contribution in [0.1, 0.15) is 31.1 Å². The van der Waals surface area contributed by atoms with Gasteiger partial charge in [0.15, 0.2) is 0 Å². The second-order valence-corrected chi connectivity index (χ2v) is 6.02. The predicted octanol–water partition coefficient (Wildman–Crippen LogP) is 1.61. The van der Waals surface area contributed by atoms with Gasteiger partial charge in [0.25, 0.3) is 5.91 Å². The molecule has 0 spiro atoms. The third kappa shape index (κ3) is 4.21. The highest BCUT2D eigenvalue weighted by Crippen LogP contribution is 2.18. The molecular weight excluding hydrogens is 298 g/mol. The molecule has 0 atom stereocenters. The summed E-state index contributed by atoms with van der Waals surface area (Å²) in [6, 6.07) is 6.61. The summed E-state index contributed by atoms with van der Waals surface area (Å²) in [4.78, 5) is 36.4. The molecule has 1 fully saturated rings. The molecule has 1 saturated heterocycles. The van der Waals surface area contributed by atoms with E-state index in [1.165, 1.54) is 6.92 Å². The first-order valence-electron chi connectivity index (χ1n) is 7.40. The maximum atomic E-state index is 12.2. The lowest BCUT2D eigenvalue weighted by molar-refractivity contribution is -0.114. The molecule has 0 radical (unpaired) electrons. The summed E-state index contributed by atoms with van der Waals surface area (Å²) in [5.41, 5.74) is 0.590. The summed E-state index contributed by atoms with van der Waals surface area (Å²) < 4.78 is 4.93. The molecule has 1 aliphatic rings. The summed E-state index contributed by atoms with van der Waals surface area (Å²) in [6.07, 6.45) is -0.357. The maximum absolute atomic E-state index is 12.2. The number of amides is 3. The number of carbonyl (C=O) groups is 3. The summed E-state index contributed by atoms with van der Waals surface area (Å²) in [5.74, 6) is -0.401. The molecule has 1 heterocycles. The third-order valence-electron chi connectivity index (χ3n) is 3.64. The van der Waals surface area contributed by atoms with Crippen molar-refractivity contribution < 1.29 is 19.1 Å². The number of hydrogen-bond acceptors (Lipinski definition) is 4. The monoisotopic (exact) mass is 319 g/mol. The minimum absolute atomic E-state index is 0.165. The fourth-order valence-electron chi connectivity index (χ4n) is 2.35. The molecule has 0 bridgehead atoms. The van der Waals surface area contributed by atoms with Gasteiger partial charge in [0, 0.05) is 24.7 Å². The lowest BCUT2D eigenvalue weighted by Crippen LogP contribution is -2.52. The molecule has 124 valence electrons. The fraction of sp³-hybridized carbons (Fsp3) is 0.438. The number of carbonyl (C=O) groups excluding carboxylic acids is 3. The molecule has 3 amide bonds. The second-order valence-electron chi connectivity index (χ2n) is 6.02. The van der Waals surface area contributed by atoms with E-state index >= 15 is 0 Å². The molecule has 0 aliphatic carbocycles. The third-order valence-corrected chi connectivity index (χ3v) is 3.64. The van der Waals surface area contributed by atoms with Crippen molar-refractivity contribution in [3.63, 3.8) is 0 Å². The van der Waals surface area contributed by atoms with Crippen LogP contribution in [0.25, 0.3) is 0 Å². The predicted molar refractivity (Wildman–Crippen MR) is 85.2 cm³/mol. The first kappa shape index (κ1) is 16.8.